The first-order valence-electron chi connectivity index (χ1n) is 7.50. The average molecular weight is 266 g/mol. The largest absolute Gasteiger partial charge is 0.258 e. The first-order valence-corrected chi connectivity index (χ1v) is 7.50. The predicted molar refractivity (Wildman–Crippen MR) is 86.6 cm³/mol. The SMILES string of the molecule is CC.CC.CC(C)(C)Cc1cnc(C(C)(C)C)cn1. The number of rotatable bonds is 1. The molecular weight excluding hydrogens is 232 g/mol. The van der Waals surface area contributed by atoms with Gasteiger partial charge in [0.2, 0.25) is 0 Å². The van der Waals surface area contributed by atoms with Crippen molar-refractivity contribution in [2.45, 2.75) is 81.1 Å². The van der Waals surface area contributed by atoms with Gasteiger partial charge >= 0.3 is 0 Å². The highest BCUT2D eigenvalue weighted by atomic mass is 14.8. The van der Waals surface area contributed by atoms with Gasteiger partial charge in [0.05, 0.1) is 11.4 Å². The van der Waals surface area contributed by atoms with Crippen molar-refractivity contribution in [2.24, 2.45) is 5.41 Å². The normalized spacial score (nSPS) is 10.8. The van der Waals surface area contributed by atoms with Crippen LogP contribution in [0.3, 0.4) is 0 Å². The summed E-state index contributed by atoms with van der Waals surface area (Å²) in [5, 5.41) is 0. The molecule has 0 aliphatic heterocycles. The van der Waals surface area contributed by atoms with E-state index in [0.29, 0.717) is 0 Å². The summed E-state index contributed by atoms with van der Waals surface area (Å²) < 4.78 is 0. The van der Waals surface area contributed by atoms with E-state index in [1.807, 2.05) is 40.1 Å². The molecule has 0 unspecified atom stereocenters. The van der Waals surface area contributed by atoms with Crippen LogP contribution in [0.15, 0.2) is 12.4 Å². The highest BCUT2D eigenvalue weighted by Gasteiger charge is 2.17. The van der Waals surface area contributed by atoms with Crippen LogP contribution in [0.4, 0.5) is 0 Å². The van der Waals surface area contributed by atoms with Crippen molar-refractivity contribution in [3.63, 3.8) is 0 Å². The molecule has 19 heavy (non-hydrogen) atoms. The van der Waals surface area contributed by atoms with Crippen molar-refractivity contribution in [2.75, 3.05) is 0 Å². The van der Waals surface area contributed by atoms with Gasteiger partial charge in [-0.25, -0.2) is 0 Å². The van der Waals surface area contributed by atoms with Crippen molar-refractivity contribution in [1.29, 1.82) is 0 Å². The van der Waals surface area contributed by atoms with Crippen LogP contribution in [0.25, 0.3) is 0 Å². The minimum Gasteiger partial charge on any atom is -0.258 e. The Kier molecular flexibility index (Phi) is 9.73. The van der Waals surface area contributed by atoms with Gasteiger partial charge in [-0.3, -0.25) is 9.97 Å². The van der Waals surface area contributed by atoms with Crippen LogP contribution >= 0.6 is 0 Å². The summed E-state index contributed by atoms with van der Waals surface area (Å²) in [5.74, 6) is 0. The Labute approximate surface area is 121 Å². The number of hydrogen-bond donors (Lipinski definition) is 0. The van der Waals surface area contributed by atoms with Gasteiger partial charge in [-0.05, 0) is 11.8 Å². The summed E-state index contributed by atoms with van der Waals surface area (Å²) >= 11 is 0. The molecule has 0 aliphatic rings. The fraction of sp³-hybridized carbons (Fsp3) is 0.765. The molecule has 2 nitrogen and oxygen atoms in total. The fourth-order valence-corrected chi connectivity index (χ4v) is 1.38. The molecule has 0 spiro atoms. The van der Waals surface area contributed by atoms with E-state index in [2.05, 4.69) is 51.5 Å². The summed E-state index contributed by atoms with van der Waals surface area (Å²) in [6.07, 6.45) is 4.79. The molecule has 0 aliphatic carbocycles. The second-order valence-corrected chi connectivity index (χ2v) is 6.38. The summed E-state index contributed by atoms with van der Waals surface area (Å²) in [4.78, 5) is 8.94. The van der Waals surface area contributed by atoms with Gasteiger partial charge in [0.15, 0.2) is 0 Å². The molecule has 0 bridgehead atoms. The number of hydrogen-bond acceptors (Lipinski definition) is 2. The Morgan fingerprint density at radius 1 is 0.789 bits per heavy atom. The Balaban J connectivity index is 0. The van der Waals surface area contributed by atoms with Crippen molar-refractivity contribution >= 4 is 0 Å². The van der Waals surface area contributed by atoms with Gasteiger partial charge in [-0.2, -0.15) is 0 Å². The first kappa shape index (κ1) is 20.4. The zero-order valence-corrected chi connectivity index (χ0v) is 14.8. The van der Waals surface area contributed by atoms with E-state index in [9.17, 15) is 0 Å². The Bertz CT molecular complexity index is 313. The summed E-state index contributed by atoms with van der Waals surface area (Å²) in [7, 11) is 0. The predicted octanol–water partition coefficient (Wildman–Crippen LogP) is 5.42. The quantitative estimate of drug-likeness (QED) is 0.678. The van der Waals surface area contributed by atoms with Gasteiger partial charge in [0.1, 0.15) is 0 Å². The van der Waals surface area contributed by atoms with Crippen molar-refractivity contribution in [3.8, 4) is 0 Å². The number of aromatic nitrogens is 2. The van der Waals surface area contributed by atoms with Gasteiger partial charge < -0.3 is 0 Å². The second kappa shape index (κ2) is 9.06. The molecule has 1 aromatic rings. The molecule has 112 valence electrons. The van der Waals surface area contributed by atoms with Crippen LogP contribution < -0.4 is 0 Å². The zero-order chi connectivity index (χ0) is 15.7. The Morgan fingerprint density at radius 2 is 1.26 bits per heavy atom. The van der Waals surface area contributed by atoms with E-state index in [1.165, 1.54) is 0 Å². The van der Waals surface area contributed by atoms with E-state index in [1.54, 1.807) is 0 Å². The lowest BCUT2D eigenvalue weighted by molar-refractivity contribution is 0.405. The molecule has 2 heteroatoms. The molecule has 0 aromatic carbocycles. The van der Waals surface area contributed by atoms with Crippen LogP contribution in [0.2, 0.25) is 0 Å². The summed E-state index contributed by atoms with van der Waals surface area (Å²) in [6.45, 7) is 21.1. The molecule has 0 atom stereocenters. The Hall–Kier alpha value is -0.920. The molecule has 0 fully saturated rings. The molecule has 1 heterocycles. The topological polar surface area (TPSA) is 25.8 Å². The third-order valence-corrected chi connectivity index (χ3v) is 2.19. The van der Waals surface area contributed by atoms with E-state index >= 15 is 0 Å². The minimum absolute atomic E-state index is 0.0905. The van der Waals surface area contributed by atoms with Crippen molar-refractivity contribution in [3.05, 3.63) is 23.8 Å². The molecule has 0 N–H and O–H groups in total. The third-order valence-electron chi connectivity index (χ3n) is 2.19. The maximum atomic E-state index is 4.47. The smallest absolute Gasteiger partial charge is 0.0640 e. The highest BCUT2D eigenvalue weighted by molar-refractivity contribution is 5.11. The fourth-order valence-electron chi connectivity index (χ4n) is 1.38. The highest BCUT2D eigenvalue weighted by Crippen LogP contribution is 2.21. The van der Waals surface area contributed by atoms with Gasteiger partial charge in [-0.1, -0.05) is 69.2 Å². The average Bonchev–Trinajstić information content (AvgIpc) is 2.32. The lowest BCUT2D eigenvalue weighted by Gasteiger charge is -2.19. The van der Waals surface area contributed by atoms with Crippen LogP contribution in [-0.2, 0) is 11.8 Å². The molecule has 0 saturated carbocycles. The monoisotopic (exact) mass is 266 g/mol. The molecule has 1 aromatic heterocycles. The zero-order valence-electron chi connectivity index (χ0n) is 14.8. The van der Waals surface area contributed by atoms with Crippen molar-refractivity contribution < 1.29 is 0 Å². The maximum absolute atomic E-state index is 4.47. The van der Waals surface area contributed by atoms with Crippen LogP contribution in [0.1, 0.15) is 80.6 Å². The number of nitrogens with zero attached hydrogens (tertiary/aromatic N) is 2. The summed E-state index contributed by atoms with van der Waals surface area (Å²) in [5.41, 5.74) is 2.50. The first-order chi connectivity index (χ1) is 8.68. The lowest BCUT2D eigenvalue weighted by Crippen LogP contribution is -2.16. The molecular formula is C17H34N2. The second-order valence-electron chi connectivity index (χ2n) is 6.38. The van der Waals surface area contributed by atoms with Crippen LogP contribution in [0, 0.1) is 5.41 Å². The van der Waals surface area contributed by atoms with E-state index < -0.39 is 0 Å². The van der Waals surface area contributed by atoms with Crippen LogP contribution in [0.5, 0.6) is 0 Å². The molecule has 1 rings (SSSR count). The van der Waals surface area contributed by atoms with Crippen LogP contribution in [-0.4, -0.2) is 9.97 Å². The molecule has 0 radical (unpaired) electrons. The van der Waals surface area contributed by atoms with E-state index in [-0.39, 0.29) is 10.8 Å². The maximum Gasteiger partial charge on any atom is 0.0640 e. The third kappa shape index (κ3) is 9.63. The molecule has 0 saturated heterocycles. The van der Waals surface area contributed by atoms with E-state index in [4.69, 9.17) is 0 Å². The molecule has 0 amide bonds. The van der Waals surface area contributed by atoms with Gasteiger partial charge in [0, 0.05) is 17.8 Å². The van der Waals surface area contributed by atoms with Gasteiger partial charge in [-0.15, -0.1) is 0 Å². The Morgan fingerprint density at radius 3 is 1.53 bits per heavy atom. The summed E-state index contributed by atoms with van der Waals surface area (Å²) in [6, 6.07) is 0. The standard InChI is InChI=1S/C13H22N2.2C2H6/c1-12(2,3)7-10-8-15-11(9-14-10)13(4,5)6;2*1-2/h8-9H,7H2,1-6H3;2*1-2H3. The van der Waals surface area contributed by atoms with E-state index in [0.717, 1.165) is 17.8 Å². The van der Waals surface area contributed by atoms with Gasteiger partial charge in [0.25, 0.3) is 0 Å². The van der Waals surface area contributed by atoms with Crippen molar-refractivity contribution in [1.82, 2.24) is 9.97 Å². The minimum atomic E-state index is 0.0905. The lowest BCUT2D eigenvalue weighted by atomic mass is 9.90.